The van der Waals surface area contributed by atoms with E-state index in [2.05, 4.69) is 11.4 Å². The number of hydrogen-bond donors (Lipinski definition) is 2. The van der Waals surface area contributed by atoms with E-state index in [1.807, 2.05) is 0 Å². The fraction of sp³-hybridized carbons (Fsp3) is 0.308. The monoisotopic (exact) mass is 258 g/mol. The van der Waals surface area contributed by atoms with Crippen molar-refractivity contribution in [3.63, 3.8) is 0 Å². The summed E-state index contributed by atoms with van der Waals surface area (Å²) in [6.07, 6.45) is 0.613. The van der Waals surface area contributed by atoms with Crippen molar-refractivity contribution >= 4 is 23.4 Å². The molecule has 3 N–H and O–H groups in total. The number of benzene rings is 1. The van der Waals surface area contributed by atoms with E-state index in [0.717, 1.165) is 0 Å². The Kier molecular flexibility index (Phi) is 2.51. The minimum atomic E-state index is -0.591. The maximum absolute atomic E-state index is 12.2. The number of imide groups is 1. The van der Waals surface area contributed by atoms with Gasteiger partial charge < -0.3 is 10.6 Å². The molecule has 3 amide bonds. The van der Waals surface area contributed by atoms with Gasteiger partial charge in [-0.2, -0.15) is 0 Å². The number of nitrogens with one attached hydrogen (secondary N) is 1. The lowest BCUT2D eigenvalue weighted by Gasteiger charge is -2.29. The van der Waals surface area contributed by atoms with E-state index in [1.165, 1.54) is 4.90 Å². The molecule has 0 bridgehead atoms. The Hall–Kier alpha value is -2.37. The molecule has 0 aliphatic carbocycles. The molecular weight excluding hydrogens is 246 g/mol. The van der Waals surface area contributed by atoms with Gasteiger partial charge in [0.1, 0.15) is 6.04 Å². The molecule has 0 aromatic heterocycles. The first-order valence-corrected chi connectivity index (χ1v) is 6.01. The molecule has 0 spiro atoms. The Morgan fingerprint density at radius 2 is 2.11 bits per heavy atom. The molecule has 1 atom stereocenters. The van der Waals surface area contributed by atoms with Gasteiger partial charge in [-0.25, -0.2) is 0 Å². The van der Waals surface area contributed by atoms with E-state index in [9.17, 15) is 14.4 Å². The Balaban J connectivity index is 1.87. The zero-order valence-electron chi connectivity index (χ0n) is 10.1. The topological polar surface area (TPSA) is 92.5 Å². The van der Waals surface area contributed by atoms with E-state index < -0.39 is 11.9 Å². The maximum atomic E-state index is 12.2. The van der Waals surface area contributed by atoms with Crippen molar-refractivity contribution in [3.05, 3.63) is 29.3 Å². The number of amides is 3. The van der Waals surface area contributed by atoms with E-state index in [0.29, 0.717) is 29.8 Å². The van der Waals surface area contributed by atoms with Crippen LogP contribution in [-0.4, -0.2) is 28.7 Å². The lowest BCUT2D eigenvalue weighted by atomic mass is 10.0. The van der Waals surface area contributed by atoms with Crippen LogP contribution in [-0.2, 0) is 16.1 Å². The molecule has 0 saturated carbocycles. The summed E-state index contributed by atoms with van der Waals surface area (Å²) in [7, 11) is 0. The third-order valence-electron chi connectivity index (χ3n) is 3.46. The average Bonchev–Trinajstić information content (AvgIpc) is 2.66. The highest BCUT2D eigenvalue weighted by atomic mass is 16.2. The Morgan fingerprint density at radius 3 is 2.84 bits per heavy atom. The minimum absolute atomic E-state index is 0.208. The van der Waals surface area contributed by atoms with Crippen molar-refractivity contribution < 1.29 is 14.4 Å². The molecule has 1 unspecified atom stereocenters. The fourth-order valence-electron chi connectivity index (χ4n) is 2.51. The van der Waals surface area contributed by atoms with Crippen LogP contribution in [0.5, 0.6) is 0 Å². The van der Waals surface area contributed by atoms with Gasteiger partial charge in [-0.15, -0.1) is 0 Å². The number of carbonyl (C=O) groups is 3. The lowest BCUT2D eigenvalue weighted by molar-refractivity contribution is -0.136. The van der Waals surface area contributed by atoms with Gasteiger partial charge in [-0.05, 0) is 24.1 Å². The molecule has 2 aliphatic heterocycles. The predicted molar refractivity (Wildman–Crippen MR) is 65.7 cm³/mol. The number of piperidine rings is 1. The van der Waals surface area contributed by atoms with Gasteiger partial charge in [0.2, 0.25) is 11.8 Å². The highest BCUT2D eigenvalue weighted by molar-refractivity contribution is 6.05. The smallest absolute Gasteiger partial charge is 0.255 e. The number of rotatable bonds is 1. The average molecular weight is 258 g/mol. The van der Waals surface area contributed by atoms with Crippen molar-refractivity contribution in [2.24, 2.45) is 0 Å². The number of hydrogen-bond acceptors (Lipinski definition) is 4. The van der Waals surface area contributed by atoms with E-state index in [4.69, 9.17) is 5.73 Å². The molecule has 1 aromatic carbocycles. The predicted octanol–water partition coefficient (Wildman–Crippen LogP) is -0.170. The Morgan fingerprint density at radius 1 is 1.32 bits per heavy atom. The summed E-state index contributed by atoms with van der Waals surface area (Å²) in [6, 6.07) is 5.60. The first kappa shape index (κ1) is 11.7. The van der Waals surface area contributed by atoms with Crippen LogP contribution in [0.4, 0.5) is 5.69 Å². The lowest BCUT2D eigenvalue weighted by Crippen LogP contribution is -2.52. The summed E-state index contributed by atoms with van der Waals surface area (Å²) < 4.78 is 0. The summed E-state index contributed by atoms with van der Waals surface area (Å²) in [5.41, 5.74) is 7.34. The summed E-state index contributed by atoms with van der Waals surface area (Å²) in [6.45, 7) is 0.311. The normalized spacial score (nSPS) is 22.4. The molecule has 1 fully saturated rings. The molecule has 1 radical (unpaired) electrons. The van der Waals surface area contributed by atoms with Gasteiger partial charge in [0.25, 0.3) is 5.91 Å². The van der Waals surface area contributed by atoms with E-state index in [-0.39, 0.29) is 18.2 Å². The molecule has 2 aliphatic rings. The van der Waals surface area contributed by atoms with Crippen LogP contribution in [0.3, 0.4) is 0 Å². The van der Waals surface area contributed by atoms with Gasteiger partial charge in [0, 0.05) is 30.3 Å². The molecular formula is C13H12N3O3. The van der Waals surface area contributed by atoms with Crippen LogP contribution < -0.4 is 11.1 Å². The second-order valence-electron chi connectivity index (χ2n) is 4.71. The van der Waals surface area contributed by atoms with Crippen molar-refractivity contribution in [1.82, 2.24) is 10.2 Å². The second kappa shape index (κ2) is 4.08. The molecule has 2 heterocycles. The van der Waals surface area contributed by atoms with Crippen LogP contribution >= 0.6 is 0 Å². The summed E-state index contributed by atoms with van der Waals surface area (Å²) in [4.78, 5) is 36.6. The van der Waals surface area contributed by atoms with Gasteiger partial charge in [0.15, 0.2) is 0 Å². The Labute approximate surface area is 109 Å². The number of fused-ring (bicyclic) bond motifs is 1. The molecule has 6 nitrogen and oxygen atoms in total. The molecule has 3 rings (SSSR count). The number of anilines is 1. The third-order valence-corrected chi connectivity index (χ3v) is 3.46. The number of nitrogens with two attached hydrogens (primary N) is 1. The molecule has 1 saturated heterocycles. The zero-order chi connectivity index (χ0) is 13.6. The van der Waals surface area contributed by atoms with Gasteiger partial charge in [0.05, 0.1) is 0 Å². The van der Waals surface area contributed by atoms with Crippen LogP contribution in [0.15, 0.2) is 12.1 Å². The van der Waals surface area contributed by atoms with Crippen molar-refractivity contribution in [3.8, 4) is 0 Å². The number of carbonyl (C=O) groups excluding carboxylic acids is 3. The van der Waals surface area contributed by atoms with Gasteiger partial charge in [-0.3, -0.25) is 19.7 Å². The van der Waals surface area contributed by atoms with E-state index in [1.54, 1.807) is 12.1 Å². The van der Waals surface area contributed by atoms with Crippen LogP contribution in [0.1, 0.15) is 28.8 Å². The van der Waals surface area contributed by atoms with E-state index >= 15 is 0 Å². The van der Waals surface area contributed by atoms with Crippen LogP contribution in [0, 0.1) is 6.07 Å². The standard InChI is InChI=1S/C13H12N3O3/c14-8-1-2-9-7(5-8)6-16(13(9)19)10-3-4-11(17)15-12(10)18/h1-2,10H,3-4,6,14H2,(H,15,17,18). The molecule has 6 heteroatoms. The third kappa shape index (κ3) is 1.85. The Bertz CT molecular complexity index is 597. The first-order chi connectivity index (χ1) is 9.06. The quantitative estimate of drug-likeness (QED) is 0.540. The summed E-state index contributed by atoms with van der Waals surface area (Å²) in [5, 5.41) is 2.26. The molecule has 1 aromatic rings. The maximum Gasteiger partial charge on any atom is 0.255 e. The number of nitrogens with zero attached hydrogens (tertiary/aromatic N) is 1. The zero-order valence-corrected chi connectivity index (χ0v) is 10.1. The molecule has 19 heavy (non-hydrogen) atoms. The van der Waals surface area contributed by atoms with Gasteiger partial charge >= 0.3 is 0 Å². The highest BCUT2D eigenvalue weighted by Crippen LogP contribution is 2.28. The van der Waals surface area contributed by atoms with Crippen LogP contribution in [0.2, 0.25) is 0 Å². The summed E-state index contributed by atoms with van der Waals surface area (Å²) >= 11 is 0. The van der Waals surface area contributed by atoms with Crippen molar-refractivity contribution in [2.45, 2.75) is 25.4 Å². The van der Waals surface area contributed by atoms with Crippen molar-refractivity contribution in [1.29, 1.82) is 0 Å². The van der Waals surface area contributed by atoms with Crippen LogP contribution in [0.25, 0.3) is 0 Å². The number of nitrogen functional groups attached to an aromatic ring is 1. The van der Waals surface area contributed by atoms with Gasteiger partial charge in [-0.1, -0.05) is 0 Å². The summed E-state index contributed by atoms with van der Waals surface area (Å²) in [5.74, 6) is -0.910. The largest absolute Gasteiger partial charge is 0.398 e. The second-order valence-corrected chi connectivity index (χ2v) is 4.71. The fourth-order valence-corrected chi connectivity index (χ4v) is 2.51. The minimum Gasteiger partial charge on any atom is -0.398 e. The van der Waals surface area contributed by atoms with Crippen molar-refractivity contribution in [2.75, 3.05) is 5.73 Å². The molecule has 97 valence electrons. The SMILES string of the molecule is Nc1[c]c2c(cc1)C(=O)N(C1CCC(=O)NC1=O)C2. The first-order valence-electron chi connectivity index (χ1n) is 6.01. The highest BCUT2D eigenvalue weighted by Gasteiger charge is 2.38.